The number of thiazole rings is 1. The lowest BCUT2D eigenvalue weighted by Gasteiger charge is -2.17. The molecule has 0 radical (unpaired) electrons. The van der Waals surface area contributed by atoms with E-state index in [0.29, 0.717) is 11.4 Å². The van der Waals surface area contributed by atoms with Crippen molar-refractivity contribution in [3.05, 3.63) is 6.20 Å². The smallest absolute Gasteiger partial charge is 0.187 e. The molecular weight excluding hydrogens is 184 g/mol. The van der Waals surface area contributed by atoms with E-state index in [0.717, 1.165) is 18.2 Å². The van der Waals surface area contributed by atoms with Crippen LogP contribution in [0.3, 0.4) is 0 Å². The zero-order valence-electron chi connectivity index (χ0n) is 7.53. The molecule has 2 N–H and O–H groups in total. The first-order valence-corrected chi connectivity index (χ1v) is 4.92. The summed E-state index contributed by atoms with van der Waals surface area (Å²) in [5.41, 5.74) is 5.56. The van der Waals surface area contributed by atoms with Crippen LogP contribution in [-0.2, 0) is 0 Å². The summed E-state index contributed by atoms with van der Waals surface area (Å²) in [6.07, 6.45) is 2.17. The minimum atomic E-state index is 0.521. The maximum atomic E-state index is 8.44. The van der Waals surface area contributed by atoms with E-state index in [2.05, 4.69) is 11.1 Å². The van der Waals surface area contributed by atoms with Gasteiger partial charge in [-0.1, -0.05) is 11.3 Å². The lowest BCUT2D eigenvalue weighted by Crippen LogP contribution is -2.23. The summed E-state index contributed by atoms with van der Waals surface area (Å²) in [6, 6.07) is 2.11. The summed E-state index contributed by atoms with van der Waals surface area (Å²) in [6.45, 7) is 3.61. The van der Waals surface area contributed by atoms with Crippen LogP contribution in [-0.4, -0.2) is 18.1 Å². The molecule has 0 unspecified atom stereocenters. The maximum Gasteiger partial charge on any atom is 0.187 e. The predicted molar refractivity (Wildman–Crippen MR) is 54.6 cm³/mol. The van der Waals surface area contributed by atoms with Crippen molar-refractivity contribution < 1.29 is 0 Å². The fourth-order valence-electron chi connectivity index (χ4n) is 0.997. The Balaban J connectivity index is 2.62. The van der Waals surface area contributed by atoms with Gasteiger partial charge in [0.2, 0.25) is 0 Å². The average molecular weight is 196 g/mol. The third-order valence-electron chi connectivity index (χ3n) is 1.66. The molecule has 0 bridgehead atoms. The van der Waals surface area contributed by atoms with E-state index >= 15 is 0 Å². The molecule has 0 amide bonds. The molecule has 0 saturated carbocycles. The van der Waals surface area contributed by atoms with Crippen molar-refractivity contribution in [2.75, 3.05) is 23.7 Å². The standard InChI is InChI=1S/C8H12N4S/c1-2-12(5-3-4-9)8-11-6-7(10)13-8/h6H,2-3,5,10H2,1H3. The molecule has 0 spiro atoms. The van der Waals surface area contributed by atoms with Crippen molar-refractivity contribution in [2.45, 2.75) is 13.3 Å². The first-order chi connectivity index (χ1) is 6.27. The summed E-state index contributed by atoms with van der Waals surface area (Å²) in [5.74, 6) is 0. The third-order valence-corrected chi connectivity index (χ3v) is 2.54. The van der Waals surface area contributed by atoms with Crippen LogP contribution in [0.4, 0.5) is 10.1 Å². The summed E-state index contributed by atoms with van der Waals surface area (Å²) in [5, 5.41) is 10.1. The second kappa shape index (κ2) is 4.67. The Labute approximate surface area is 81.6 Å². The van der Waals surface area contributed by atoms with Crippen LogP contribution in [0.25, 0.3) is 0 Å². The monoisotopic (exact) mass is 196 g/mol. The molecule has 0 fully saturated rings. The molecule has 0 atom stereocenters. The van der Waals surface area contributed by atoms with Crippen LogP contribution in [0, 0.1) is 11.3 Å². The highest BCUT2D eigenvalue weighted by Crippen LogP contribution is 2.23. The van der Waals surface area contributed by atoms with Gasteiger partial charge in [-0.25, -0.2) is 4.98 Å². The summed E-state index contributed by atoms with van der Waals surface area (Å²) < 4.78 is 0. The highest BCUT2D eigenvalue weighted by molar-refractivity contribution is 7.19. The molecule has 4 nitrogen and oxygen atoms in total. The van der Waals surface area contributed by atoms with E-state index in [1.807, 2.05) is 11.8 Å². The van der Waals surface area contributed by atoms with Gasteiger partial charge < -0.3 is 10.6 Å². The molecule has 1 aromatic rings. The number of nitriles is 1. The van der Waals surface area contributed by atoms with Gasteiger partial charge in [-0.2, -0.15) is 5.26 Å². The highest BCUT2D eigenvalue weighted by Gasteiger charge is 2.07. The van der Waals surface area contributed by atoms with E-state index in [1.165, 1.54) is 11.3 Å². The van der Waals surface area contributed by atoms with Crippen molar-refractivity contribution in [1.29, 1.82) is 5.26 Å². The number of nitrogens with two attached hydrogens (primary N) is 1. The summed E-state index contributed by atoms with van der Waals surface area (Å²) in [7, 11) is 0. The van der Waals surface area contributed by atoms with Crippen LogP contribution < -0.4 is 10.6 Å². The number of rotatable bonds is 4. The summed E-state index contributed by atoms with van der Waals surface area (Å²) in [4.78, 5) is 6.20. The average Bonchev–Trinajstić information content (AvgIpc) is 2.54. The topological polar surface area (TPSA) is 65.9 Å². The van der Waals surface area contributed by atoms with Gasteiger partial charge in [0.15, 0.2) is 5.13 Å². The minimum absolute atomic E-state index is 0.521. The SMILES string of the molecule is CCN(CCC#N)c1ncc(N)s1. The maximum absolute atomic E-state index is 8.44. The quantitative estimate of drug-likeness (QED) is 0.791. The molecule has 1 heterocycles. The lowest BCUT2D eigenvalue weighted by molar-refractivity contribution is 0.822. The number of aromatic nitrogens is 1. The second-order valence-electron chi connectivity index (χ2n) is 2.53. The Morgan fingerprint density at radius 2 is 2.54 bits per heavy atom. The van der Waals surface area contributed by atoms with E-state index in [9.17, 15) is 0 Å². The Hall–Kier alpha value is -1.28. The van der Waals surface area contributed by atoms with Crippen LogP contribution in [0.5, 0.6) is 0 Å². The van der Waals surface area contributed by atoms with Crippen LogP contribution in [0.1, 0.15) is 13.3 Å². The Kier molecular flexibility index (Phi) is 3.53. The first-order valence-electron chi connectivity index (χ1n) is 4.11. The molecule has 1 aromatic heterocycles. The van der Waals surface area contributed by atoms with Crippen LogP contribution in [0.15, 0.2) is 6.20 Å². The molecule has 1 rings (SSSR count). The largest absolute Gasteiger partial charge is 0.389 e. The van der Waals surface area contributed by atoms with Crippen LogP contribution in [0.2, 0.25) is 0 Å². The third kappa shape index (κ3) is 2.60. The van der Waals surface area contributed by atoms with E-state index in [-0.39, 0.29) is 0 Å². The molecule has 0 saturated heterocycles. The molecule has 0 aliphatic rings. The molecule has 0 aliphatic carbocycles. The number of hydrogen-bond donors (Lipinski definition) is 1. The van der Waals surface area contributed by atoms with Gasteiger partial charge in [0.1, 0.15) is 5.00 Å². The van der Waals surface area contributed by atoms with Gasteiger partial charge in [0.05, 0.1) is 18.7 Å². The molecule has 0 aromatic carbocycles. The fraction of sp³-hybridized carbons (Fsp3) is 0.500. The van der Waals surface area contributed by atoms with Gasteiger partial charge in [-0.05, 0) is 6.92 Å². The zero-order chi connectivity index (χ0) is 9.68. The predicted octanol–water partition coefficient (Wildman–Crippen LogP) is 1.47. The van der Waals surface area contributed by atoms with E-state index < -0.39 is 0 Å². The highest BCUT2D eigenvalue weighted by atomic mass is 32.1. The van der Waals surface area contributed by atoms with Gasteiger partial charge in [-0.15, -0.1) is 0 Å². The molecule has 0 aliphatic heterocycles. The van der Waals surface area contributed by atoms with Crippen molar-refractivity contribution >= 4 is 21.5 Å². The fourth-order valence-corrected chi connectivity index (χ4v) is 1.77. The minimum Gasteiger partial charge on any atom is -0.389 e. The van der Waals surface area contributed by atoms with Gasteiger partial charge in [0, 0.05) is 13.1 Å². The Bertz CT molecular complexity index is 301. The second-order valence-corrected chi connectivity index (χ2v) is 3.57. The van der Waals surface area contributed by atoms with Crippen LogP contribution >= 0.6 is 11.3 Å². The van der Waals surface area contributed by atoms with Gasteiger partial charge in [0.25, 0.3) is 0 Å². The van der Waals surface area contributed by atoms with Crippen molar-refractivity contribution in [3.63, 3.8) is 0 Å². The number of nitrogens with zero attached hydrogens (tertiary/aromatic N) is 3. The van der Waals surface area contributed by atoms with Crippen molar-refractivity contribution in [1.82, 2.24) is 4.98 Å². The Morgan fingerprint density at radius 1 is 1.77 bits per heavy atom. The van der Waals surface area contributed by atoms with Crippen molar-refractivity contribution in [3.8, 4) is 6.07 Å². The lowest BCUT2D eigenvalue weighted by atomic mass is 10.4. The Morgan fingerprint density at radius 3 is 3.00 bits per heavy atom. The normalized spacial score (nSPS) is 9.54. The molecule has 5 heteroatoms. The zero-order valence-corrected chi connectivity index (χ0v) is 8.34. The molecule has 13 heavy (non-hydrogen) atoms. The number of nitrogen functional groups attached to an aromatic ring is 1. The van der Waals surface area contributed by atoms with Crippen molar-refractivity contribution in [2.24, 2.45) is 0 Å². The number of hydrogen-bond acceptors (Lipinski definition) is 5. The molecule has 70 valence electrons. The van der Waals surface area contributed by atoms with Gasteiger partial charge in [-0.3, -0.25) is 0 Å². The first kappa shape index (κ1) is 9.81. The van der Waals surface area contributed by atoms with Gasteiger partial charge >= 0.3 is 0 Å². The van der Waals surface area contributed by atoms with E-state index in [1.54, 1.807) is 6.20 Å². The van der Waals surface area contributed by atoms with E-state index in [4.69, 9.17) is 11.0 Å². The summed E-state index contributed by atoms with van der Waals surface area (Å²) >= 11 is 1.45. The molecular formula is C8H12N4S. The number of anilines is 2.